The molecule has 0 aliphatic heterocycles. The minimum atomic E-state index is -0.221. The van der Waals surface area contributed by atoms with E-state index in [-0.39, 0.29) is 10.8 Å². The van der Waals surface area contributed by atoms with Gasteiger partial charge in [-0.3, -0.25) is 0 Å². The summed E-state index contributed by atoms with van der Waals surface area (Å²) in [6.07, 6.45) is 0. The molecule has 3 heterocycles. The number of fused-ring (bicyclic) bond motifs is 21. The first-order valence-electron chi connectivity index (χ1n) is 34.3. The van der Waals surface area contributed by atoms with Gasteiger partial charge < -0.3 is 23.1 Å². The van der Waals surface area contributed by atoms with E-state index >= 15 is 0 Å². The van der Waals surface area contributed by atoms with Gasteiger partial charge in [0.25, 0.3) is 0 Å². The Morgan fingerprint density at radius 2 is 0.525 bits per heavy atom. The van der Waals surface area contributed by atoms with Crippen LogP contribution >= 0.6 is 0 Å². The Balaban J connectivity index is 0.665. The van der Waals surface area contributed by atoms with Crippen molar-refractivity contribution in [3.8, 4) is 44.5 Å². The van der Waals surface area contributed by atoms with Crippen LogP contribution in [-0.4, -0.2) is 0 Å². The highest BCUT2D eigenvalue weighted by atomic mass is 16.3. The molecule has 0 atom stereocenters. The van der Waals surface area contributed by atoms with E-state index in [2.05, 4.69) is 341 Å². The lowest BCUT2D eigenvalue weighted by molar-refractivity contribution is 0.660. The van der Waals surface area contributed by atoms with Gasteiger partial charge in [0.2, 0.25) is 0 Å². The fourth-order valence-electron chi connectivity index (χ4n) is 17.3. The first-order valence-corrected chi connectivity index (χ1v) is 34.3. The number of benzene rings is 16. The Hall–Kier alpha value is -12.4. The van der Waals surface area contributed by atoms with Crippen LogP contribution in [0.4, 0.5) is 34.1 Å². The Morgan fingerprint density at radius 3 is 0.929 bits per heavy atom. The van der Waals surface area contributed by atoms with E-state index in [9.17, 15) is 0 Å². The largest absolute Gasteiger partial charge is 0.456 e. The molecular formula is C94H62N2O3. The van der Waals surface area contributed by atoms with E-state index in [1.165, 1.54) is 110 Å². The van der Waals surface area contributed by atoms with E-state index in [1.54, 1.807) is 0 Å². The SMILES string of the molecule is CC1(C)c2cc(N(c3ccc(-c4cccc5ccccc45)cc3)c3ccc4c(c3)oc3cc5c(cc34)oc3cc4c(cc35)oc3cc(N(c5ccc(-c6cccc7ccccc67)cc5)c5ccc6c(c5)C(C)(C)c5ccc7ccccc7c5-6)ccc34)ccc2-c2c1ccc1ccccc21. The molecule has 19 aromatic rings. The van der Waals surface area contributed by atoms with Crippen molar-refractivity contribution in [2.75, 3.05) is 9.80 Å². The summed E-state index contributed by atoms with van der Waals surface area (Å²) in [5.41, 5.74) is 25.9. The van der Waals surface area contributed by atoms with Crippen molar-refractivity contribution < 1.29 is 13.3 Å². The van der Waals surface area contributed by atoms with Gasteiger partial charge in [-0.15, -0.1) is 0 Å². The smallest absolute Gasteiger partial charge is 0.137 e. The monoisotopic (exact) mass is 1270 g/mol. The van der Waals surface area contributed by atoms with Crippen molar-refractivity contribution in [1.82, 2.24) is 0 Å². The van der Waals surface area contributed by atoms with Crippen LogP contribution in [0.5, 0.6) is 0 Å². The molecule has 0 saturated carbocycles. The average Bonchev–Trinajstić information content (AvgIpc) is 1.58. The van der Waals surface area contributed by atoms with Gasteiger partial charge in [0.15, 0.2) is 0 Å². The first-order chi connectivity index (χ1) is 48.5. The lowest BCUT2D eigenvalue weighted by Crippen LogP contribution is -2.16. The summed E-state index contributed by atoms with van der Waals surface area (Å²) in [7, 11) is 0. The molecule has 0 amide bonds. The second-order valence-corrected chi connectivity index (χ2v) is 28.3. The number of nitrogens with zero attached hydrogens (tertiary/aromatic N) is 2. The van der Waals surface area contributed by atoms with Crippen LogP contribution in [0.2, 0.25) is 0 Å². The van der Waals surface area contributed by atoms with Crippen LogP contribution in [-0.2, 0) is 10.8 Å². The quantitative estimate of drug-likeness (QED) is 0.152. The standard InChI is InChI=1S/C94H62N2O3/c1-93(2)81-45-31-57-17-7-11-23-71(57)91(81)75-43-39-63(47-83(75)93)95(61-33-27-59(28-34-61)69-25-13-19-55-15-5-9-21-67(55)69)65-37-41-73-77-51-89-79(53-87(77)97-85(73)49-65)80-54-88-78(52-90(80)99-89)74-42-38-66(50-86(74)98-88)96(62-35-29-60(30-36-62)70-26-14-20-56-16-6-10-22-68(56)70)64-40-44-76-84(48-64)94(3,4)82-46-32-58-18-8-12-24-72(58)92(76)82/h5-54H,1-4H3. The molecule has 16 aromatic carbocycles. The Labute approximate surface area is 571 Å². The molecule has 21 rings (SSSR count). The van der Waals surface area contributed by atoms with Crippen molar-refractivity contribution in [3.05, 3.63) is 326 Å². The van der Waals surface area contributed by atoms with Crippen LogP contribution < -0.4 is 9.80 Å². The highest BCUT2D eigenvalue weighted by Crippen LogP contribution is 2.56. The number of rotatable bonds is 8. The van der Waals surface area contributed by atoms with E-state index in [1.807, 2.05) is 0 Å². The number of anilines is 6. The molecule has 0 fully saturated rings. The first kappa shape index (κ1) is 55.8. The Bertz CT molecular complexity index is 6260. The molecule has 0 radical (unpaired) electrons. The second-order valence-electron chi connectivity index (χ2n) is 28.3. The van der Waals surface area contributed by atoms with Gasteiger partial charge in [-0.25, -0.2) is 0 Å². The van der Waals surface area contributed by atoms with E-state index in [4.69, 9.17) is 13.3 Å². The van der Waals surface area contributed by atoms with Crippen LogP contribution in [0.15, 0.2) is 317 Å². The third-order valence-corrected chi connectivity index (χ3v) is 22.2. The fourth-order valence-corrected chi connectivity index (χ4v) is 17.3. The van der Waals surface area contributed by atoms with E-state index < -0.39 is 0 Å². The van der Waals surface area contributed by atoms with Crippen LogP contribution in [0.25, 0.3) is 153 Å². The summed E-state index contributed by atoms with van der Waals surface area (Å²) >= 11 is 0. The highest BCUT2D eigenvalue weighted by molar-refractivity contribution is 6.19. The topological polar surface area (TPSA) is 45.9 Å². The van der Waals surface area contributed by atoms with Crippen molar-refractivity contribution in [2.24, 2.45) is 0 Å². The van der Waals surface area contributed by atoms with Crippen LogP contribution in [0, 0.1) is 0 Å². The molecule has 0 spiro atoms. The molecule has 3 aromatic heterocycles. The van der Waals surface area contributed by atoms with E-state index in [0.29, 0.717) is 0 Å². The molecule has 5 heteroatoms. The van der Waals surface area contributed by atoms with Gasteiger partial charge in [-0.1, -0.05) is 222 Å². The summed E-state index contributed by atoms with van der Waals surface area (Å²) in [6, 6.07) is 111. The fraction of sp³-hybridized carbons (Fsp3) is 0.0638. The lowest BCUT2D eigenvalue weighted by Gasteiger charge is -2.28. The van der Waals surface area contributed by atoms with Gasteiger partial charge in [-0.05, 0) is 207 Å². The zero-order valence-corrected chi connectivity index (χ0v) is 55.0. The maximum atomic E-state index is 7.01. The lowest BCUT2D eigenvalue weighted by atomic mass is 9.82. The number of furan rings is 3. The summed E-state index contributed by atoms with van der Waals surface area (Å²) in [5.74, 6) is 0. The normalized spacial score (nSPS) is 13.6. The minimum absolute atomic E-state index is 0.221. The molecule has 2 aliphatic rings. The van der Waals surface area contributed by atoms with Crippen LogP contribution in [0.1, 0.15) is 49.9 Å². The maximum Gasteiger partial charge on any atom is 0.137 e. The van der Waals surface area contributed by atoms with Gasteiger partial charge in [0, 0.05) is 89.4 Å². The molecule has 99 heavy (non-hydrogen) atoms. The molecule has 0 N–H and O–H groups in total. The van der Waals surface area contributed by atoms with Crippen molar-refractivity contribution in [1.29, 1.82) is 0 Å². The Kier molecular flexibility index (Phi) is 11.6. The predicted octanol–water partition coefficient (Wildman–Crippen LogP) is 26.9. The number of hydrogen-bond acceptors (Lipinski definition) is 5. The molecule has 0 saturated heterocycles. The molecule has 466 valence electrons. The van der Waals surface area contributed by atoms with Crippen molar-refractivity contribution >= 4 is 143 Å². The van der Waals surface area contributed by atoms with Gasteiger partial charge >= 0.3 is 0 Å². The van der Waals surface area contributed by atoms with Gasteiger partial charge in [0.1, 0.15) is 33.5 Å². The summed E-state index contributed by atoms with van der Waals surface area (Å²) in [6.45, 7) is 9.47. The second kappa shape index (κ2) is 20.5. The predicted molar refractivity (Wildman–Crippen MR) is 414 cm³/mol. The molecule has 0 unspecified atom stereocenters. The van der Waals surface area contributed by atoms with Crippen molar-refractivity contribution in [3.63, 3.8) is 0 Å². The highest BCUT2D eigenvalue weighted by Gasteiger charge is 2.39. The maximum absolute atomic E-state index is 7.01. The van der Waals surface area contributed by atoms with Crippen molar-refractivity contribution in [2.45, 2.75) is 38.5 Å². The molecule has 0 bridgehead atoms. The third kappa shape index (κ3) is 8.22. The van der Waals surface area contributed by atoms with E-state index in [0.717, 1.165) is 99.9 Å². The summed E-state index contributed by atoms with van der Waals surface area (Å²) < 4.78 is 20.9. The molecule has 2 aliphatic carbocycles. The van der Waals surface area contributed by atoms with Gasteiger partial charge in [0.05, 0.1) is 0 Å². The average molecular weight is 1270 g/mol. The molecule has 5 nitrogen and oxygen atoms in total. The Morgan fingerprint density at radius 1 is 0.212 bits per heavy atom. The van der Waals surface area contributed by atoms with Gasteiger partial charge in [-0.2, -0.15) is 0 Å². The summed E-state index contributed by atoms with van der Waals surface area (Å²) in [5, 5.41) is 16.0. The molecular weight excluding hydrogens is 1210 g/mol. The number of hydrogen-bond donors (Lipinski definition) is 0. The van der Waals surface area contributed by atoms with Crippen LogP contribution in [0.3, 0.4) is 0 Å². The minimum Gasteiger partial charge on any atom is -0.456 e. The zero-order chi connectivity index (χ0) is 65.6. The summed E-state index contributed by atoms with van der Waals surface area (Å²) in [4.78, 5) is 4.77. The zero-order valence-electron chi connectivity index (χ0n) is 55.0. The third-order valence-electron chi connectivity index (χ3n) is 22.2.